The van der Waals surface area contributed by atoms with Gasteiger partial charge in [0.15, 0.2) is 0 Å². The van der Waals surface area contributed by atoms with Gasteiger partial charge in [-0.1, -0.05) is 30.3 Å². The highest BCUT2D eigenvalue weighted by atomic mass is 15.0. The highest BCUT2D eigenvalue weighted by Gasteiger charge is 2.03. The summed E-state index contributed by atoms with van der Waals surface area (Å²) in [6.45, 7) is 0. The Hall–Kier alpha value is -2.60. The van der Waals surface area contributed by atoms with Crippen molar-refractivity contribution in [2.45, 2.75) is 0 Å². The first-order chi connectivity index (χ1) is 9.20. The number of nitrogens with zero attached hydrogens (tertiary/aromatic N) is 3. The number of hydrogen-bond acceptors (Lipinski definition) is 3. The molecule has 2 aromatic rings. The zero-order chi connectivity index (χ0) is 13.7. The molecule has 0 aliphatic carbocycles. The molecule has 0 aliphatic heterocycles. The molecule has 0 spiro atoms. The summed E-state index contributed by atoms with van der Waals surface area (Å²) in [4.78, 5) is 6.27. The lowest BCUT2D eigenvalue weighted by Gasteiger charge is -2.07. The number of rotatable bonds is 3. The number of pyridine rings is 1. The minimum absolute atomic E-state index is 0.608. The molecule has 0 fully saturated rings. The molecule has 0 unspecified atom stereocenters. The fraction of sp³-hybridized carbons (Fsp3) is 0.125. The van der Waals surface area contributed by atoms with Gasteiger partial charge in [0.2, 0.25) is 0 Å². The Kier molecular flexibility index (Phi) is 3.94. The van der Waals surface area contributed by atoms with Gasteiger partial charge in [-0.3, -0.25) is 4.98 Å². The second-order valence-corrected chi connectivity index (χ2v) is 4.42. The summed E-state index contributed by atoms with van der Waals surface area (Å²) in [5, 5.41) is 9.14. The highest BCUT2D eigenvalue weighted by Crippen LogP contribution is 2.19. The number of benzene rings is 1. The van der Waals surface area contributed by atoms with E-state index in [9.17, 15) is 0 Å². The van der Waals surface area contributed by atoms with Crippen LogP contribution in [0.2, 0.25) is 0 Å². The van der Waals surface area contributed by atoms with Crippen LogP contribution in [0.25, 0.3) is 16.8 Å². The molecule has 3 heteroatoms. The van der Waals surface area contributed by atoms with Crippen LogP contribution in [0.3, 0.4) is 0 Å². The molecule has 0 radical (unpaired) electrons. The molecule has 1 heterocycles. The lowest BCUT2D eigenvalue weighted by atomic mass is 10.1. The van der Waals surface area contributed by atoms with Crippen molar-refractivity contribution < 1.29 is 0 Å². The van der Waals surface area contributed by atoms with Gasteiger partial charge >= 0.3 is 0 Å². The van der Waals surface area contributed by atoms with Crippen molar-refractivity contribution in [1.82, 2.24) is 9.88 Å². The van der Waals surface area contributed by atoms with Gasteiger partial charge in [0, 0.05) is 37.6 Å². The Labute approximate surface area is 113 Å². The molecule has 2 rings (SSSR count). The lowest BCUT2D eigenvalue weighted by Crippen LogP contribution is -2.02. The van der Waals surface area contributed by atoms with Crippen LogP contribution in [0.5, 0.6) is 0 Å². The number of allylic oxidation sites excluding steroid dienone is 1. The van der Waals surface area contributed by atoms with E-state index in [1.807, 2.05) is 61.5 Å². The van der Waals surface area contributed by atoms with Crippen molar-refractivity contribution >= 4 is 5.57 Å². The molecule has 0 saturated heterocycles. The maximum absolute atomic E-state index is 9.14. The van der Waals surface area contributed by atoms with Crippen LogP contribution in [-0.2, 0) is 0 Å². The highest BCUT2D eigenvalue weighted by molar-refractivity contribution is 5.76. The summed E-state index contributed by atoms with van der Waals surface area (Å²) in [5.41, 5.74) is 3.42. The molecule has 0 aliphatic rings. The van der Waals surface area contributed by atoms with E-state index in [2.05, 4.69) is 11.1 Å². The van der Waals surface area contributed by atoms with Crippen LogP contribution in [0.4, 0.5) is 0 Å². The van der Waals surface area contributed by atoms with E-state index in [4.69, 9.17) is 5.26 Å². The summed E-state index contributed by atoms with van der Waals surface area (Å²) in [6.07, 6.45) is 3.53. The van der Waals surface area contributed by atoms with Crippen molar-refractivity contribution in [2.75, 3.05) is 14.1 Å². The second-order valence-electron chi connectivity index (χ2n) is 4.42. The molecular weight excluding hydrogens is 234 g/mol. The Morgan fingerprint density at radius 3 is 2.42 bits per heavy atom. The fourth-order valence-corrected chi connectivity index (χ4v) is 1.76. The van der Waals surface area contributed by atoms with Crippen molar-refractivity contribution in [3.05, 3.63) is 60.4 Å². The number of aromatic nitrogens is 1. The molecule has 0 bridgehead atoms. The van der Waals surface area contributed by atoms with Gasteiger partial charge in [-0.15, -0.1) is 0 Å². The Balaban J connectivity index is 2.32. The van der Waals surface area contributed by atoms with E-state index in [0.29, 0.717) is 5.57 Å². The van der Waals surface area contributed by atoms with Crippen LogP contribution < -0.4 is 0 Å². The van der Waals surface area contributed by atoms with E-state index < -0.39 is 0 Å². The van der Waals surface area contributed by atoms with Crippen molar-refractivity contribution in [3.8, 4) is 17.3 Å². The first-order valence-corrected chi connectivity index (χ1v) is 6.01. The third-order valence-electron chi connectivity index (χ3n) is 2.65. The molecule has 0 N–H and O–H groups in total. The average Bonchev–Trinajstić information content (AvgIpc) is 2.46. The van der Waals surface area contributed by atoms with Crippen molar-refractivity contribution in [3.63, 3.8) is 0 Å². The topological polar surface area (TPSA) is 39.9 Å². The van der Waals surface area contributed by atoms with Crippen LogP contribution in [0, 0.1) is 11.3 Å². The monoisotopic (exact) mass is 249 g/mol. The van der Waals surface area contributed by atoms with Gasteiger partial charge < -0.3 is 4.90 Å². The summed E-state index contributed by atoms with van der Waals surface area (Å²) in [7, 11) is 3.78. The number of nitriles is 1. The van der Waals surface area contributed by atoms with Crippen LogP contribution in [0.15, 0.2) is 54.9 Å². The van der Waals surface area contributed by atoms with Crippen LogP contribution >= 0.6 is 0 Å². The third kappa shape index (κ3) is 3.20. The minimum atomic E-state index is 0.608. The molecule has 0 amide bonds. The largest absolute Gasteiger partial charge is 0.382 e. The molecule has 1 aromatic carbocycles. The van der Waals surface area contributed by atoms with Gasteiger partial charge in [0.1, 0.15) is 6.07 Å². The molecule has 0 saturated carbocycles. The molecular formula is C16H15N3. The van der Waals surface area contributed by atoms with E-state index in [1.54, 1.807) is 12.4 Å². The number of hydrogen-bond donors (Lipinski definition) is 0. The van der Waals surface area contributed by atoms with Crippen molar-refractivity contribution in [1.29, 1.82) is 5.26 Å². The molecule has 3 nitrogen and oxygen atoms in total. The van der Waals surface area contributed by atoms with Gasteiger partial charge in [0.05, 0.1) is 11.3 Å². The predicted molar refractivity (Wildman–Crippen MR) is 77.0 cm³/mol. The normalized spacial score (nSPS) is 10.9. The molecule has 94 valence electrons. The Morgan fingerprint density at radius 1 is 1.16 bits per heavy atom. The van der Waals surface area contributed by atoms with Gasteiger partial charge in [-0.05, 0) is 12.1 Å². The van der Waals surface area contributed by atoms with Crippen molar-refractivity contribution in [2.24, 2.45) is 0 Å². The first-order valence-electron chi connectivity index (χ1n) is 6.01. The standard InChI is InChI=1S/C16H15N3/c1-19(2)12-15(10-17)14-8-9-16(18-11-14)13-6-4-3-5-7-13/h3-9,11-12H,1-2H3/b15-12-. The summed E-state index contributed by atoms with van der Waals surface area (Å²) in [5.74, 6) is 0. The third-order valence-corrected chi connectivity index (χ3v) is 2.65. The molecule has 0 atom stereocenters. The maximum Gasteiger partial charge on any atom is 0.101 e. The lowest BCUT2D eigenvalue weighted by molar-refractivity contribution is 0.566. The van der Waals surface area contributed by atoms with Crippen LogP contribution in [-0.4, -0.2) is 24.0 Å². The quantitative estimate of drug-likeness (QED) is 0.784. The summed E-state index contributed by atoms with van der Waals surface area (Å²) < 4.78 is 0. The smallest absolute Gasteiger partial charge is 0.101 e. The summed E-state index contributed by atoms with van der Waals surface area (Å²) in [6, 6.07) is 16.0. The maximum atomic E-state index is 9.14. The van der Waals surface area contributed by atoms with Gasteiger partial charge in [-0.25, -0.2) is 0 Å². The Bertz CT molecular complexity index is 605. The van der Waals surface area contributed by atoms with Gasteiger partial charge in [0.25, 0.3) is 0 Å². The zero-order valence-corrected chi connectivity index (χ0v) is 11.0. The SMILES string of the molecule is CN(C)/C=C(/C#N)c1ccc(-c2ccccc2)nc1. The minimum Gasteiger partial charge on any atom is -0.382 e. The fourth-order valence-electron chi connectivity index (χ4n) is 1.76. The predicted octanol–water partition coefficient (Wildman–Crippen LogP) is 3.17. The molecule has 19 heavy (non-hydrogen) atoms. The van der Waals surface area contributed by atoms with E-state index in [0.717, 1.165) is 16.8 Å². The Morgan fingerprint density at radius 2 is 1.89 bits per heavy atom. The van der Waals surface area contributed by atoms with E-state index >= 15 is 0 Å². The zero-order valence-electron chi connectivity index (χ0n) is 11.0. The molecule has 1 aromatic heterocycles. The van der Waals surface area contributed by atoms with E-state index in [-0.39, 0.29) is 0 Å². The summed E-state index contributed by atoms with van der Waals surface area (Å²) >= 11 is 0. The van der Waals surface area contributed by atoms with E-state index in [1.165, 1.54) is 0 Å². The average molecular weight is 249 g/mol. The first kappa shape index (κ1) is 12.8. The van der Waals surface area contributed by atoms with Crippen LogP contribution in [0.1, 0.15) is 5.56 Å². The second kappa shape index (κ2) is 5.83. The van der Waals surface area contributed by atoms with Gasteiger partial charge in [-0.2, -0.15) is 5.26 Å².